The van der Waals surface area contributed by atoms with Gasteiger partial charge in [-0.3, -0.25) is 9.69 Å². The third-order valence-electron chi connectivity index (χ3n) is 5.32. The molecule has 1 atom stereocenters. The highest BCUT2D eigenvalue weighted by Gasteiger charge is 2.31. The molecule has 164 valence electrons. The van der Waals surface area contributed by atoms with Gasteiger partial charge in [-0.15, -0.1) is 0 Å². The van der Waals surface area contributed by atoms with E-state index in [0.29, 0.717) is 30.1 Å². The molecule has 2 heterocycles. The number of nitrogens with zero attached hydrogens (tertiary/aromatic N) is 2. The molecule has 31 heavy (non-hydrogen) atoms. The Morgan fingerprint density at radius 1 is 1.42 bits per heavy atom. The fraction of sp³-hybridized carbons (Fsp3) is 0.435. The van der Waals surface area contributed by atoms with Crippen molar-refractivity contribution in [2.75, 3.05) is 26.8 Å². The van der Waals surface area contributed by atoms with Crippen molar-refractivity contribution in [3.05, 3.63) is 52.3 Å². The van der Waals surface area contributed by atoms with Gasteiger partial charge in [0.25, 0.3) is 5.88 Å². The summed E-state index contributed by atoms with van der Waals surface area (Å²) in [4.78, 5) is 18.0. The predicted octanol–water partition coefficient (Wildman–Crippen LogP) is 3.65. The molecule has 1 fully saturated rings. The number of ether oxygens (including phenoxy) is 2. The van der Waals surface area contributed by atoms with E-state index in [-0.39, 0.29) is 25.0 Å². The zero-order valence-corrected chi connectivity index (χ0v) is 18.0. The van der Waals surface area contributed by atoms with E-state index in [1.54, 1.807) is 18.2 Å². The minimum atomic E-state index is -0.882. The van der Waals surface area contributed by atoms with Crippen molar-refractivity contribution in [2.45, 2.75) is 31.9 Å². The number of aliphatic imine (C=N–C) groups is 1. The largest absolute Gasteiger partial charge is 0.480 e. The van der Waals surface area contributed by atoms with Crippen molar-refractivity contribution in [2.24, 2.45) is 10.9 Å². The van der Waals surface area contributed by atoms with Crippen LogP contribution in [0.4, 0.5) is 4.39 Å². The summed E-state index contributed by atoms with van der Waals surface area (Å²) >= 11 is 5.79. The molecule has 1 N–H and O–H groups in total. The number of methoxy groups -OCH3 is 1. The van der Waals surface area contributed by atoms with Crippen LogP contribution in [-0.4, -0.2) is 54.5 Å². The van der Waals surface area contributed by atoms with Gasteiger partial charge in [0.2, 0.25) is 0 Å². The van der Waals surface area contributed by atoms with E-state index in [9.17, 15) is 14.3 Å². The first-order chi connectivity index (χ1) is 15.0. The maximum absolute atomic E-state index is 14.0. The summed E-state index contributed by atoms with van der Waals surface area (Å²) in [6, 6.07) is 3.77. The van der Waals surface area contributed by atoms with Crippen LogP contribution in [0.3, 0.4) is 0 Å². The molecule has 0 amide bonds. The highest BCUT2D eigenvalue weighted by molar-refractivity contribution is 6.30. The lowest BCUT2D eigenvalue weighted by Gasteiger charge is -2.35. The number of carboxylic acid groups (broad SMARTS) is 1. The number of hydrogen-bond acceptors (Lipinski definition) is 5. The molecule has 0 spiro atoms. The Kier molecular flexibility index (Phi) is 8.27. The summed E-state index contributed by atoms with van der Waals surface area (Å²) < 4.78 is 24.8. The molecule has 0 aliphatic carbocycles. The van der Waals surface area contributed by atoms with Gasteiger partial charge in [0, 0.05) is 41.8 Å². The van der Waals surface area contributed by atoms with E-state index in [1.165, 1.54) is 13.2 Å². The average Bonchev–Trinajstić information content (AvgIpc) is 2.72. The van der Waals surface area contributed by atoms with Crippen LogP contribution in [0, 0.1) is 23.6 Å². The van der Waals surface area contributed by atoms with Gasteiger partial charge in [0.05, 0.1) is 6.61 Å². The smallest absolute Gasteiger partial charge is 0.323 e. The van der Waals surface area contributed by atoms with Gasteiger partial charge in [0.15, 0.2) is 0 Å². The van der Waals surface area contributed by atoms with Gasteiger partial charge < -0.3 is 14.6 Å². The lowest BCUT2D eigenvalue weighted by atomic mass is 9.89. The summed E-state index contributed by atoms with van der Waals surface area (Å²) in [5, 5.41) is 9.76. The van der Waals surface area contributed by atoms with Crippen molar-refractivity contribution in [3.8, 4) is 11.8 Å². The summed E-state index contributed by atoms with van der Waals surface area (Å²) in [7, 11) is 1.50. The number of piperidine rings is 1. The predicted molar refractivity (Wildman–Crippen MR) is 115 cm³/mol. The third kappa shape index (κ3) is 6.43. The first-order valence-electron chi connectivity index (χ1n) is 10.0. The molecular formula is C23H24ClFN2O4. The molecule has 8 heteroatoms. The van der Waals surface area contributed by atoms with Crippen molar-refractivity contribution in [3.63, 3.8) is 0 Å². The molecule has 0 aromatic heterocycles. The number of likely N-dealkylation sites (tertiary alicyclic amines) is 1. The first kappa shape index (κ1) is 23.1. The Hall–Kier alpha value is -2.62. The van der Waals surface area contributed by atoms with Crippen molar-refractivity contribution in [1.29, 1.82) is 0 Å². The number of rotatable bonds is 8. The van der Waals surface area contributed by atoms with Crippen molar-refractivity contribution < 1.29 is 23.8 Å². The molecule has 6 nitrogen and oxygen atoms in total. The summed E-state index contributed by atoms with van der Waals surface area (Å²) in [6.07, 6.45) is 3.55. The van der Waals surface area contributed by atoms with Gasteiger partial charge in [-0.2, -0.15) is 0 Å². The van der Waals surface area contributed by atoms with Crippen LogP contribution in [-0.2, 0) is 20.9 Å². The second kappa shape index (κ2) is 11.1. The van der Waals surface area contributed by atoms with Crippen LogP contribution in [0.15, 0.2) is 40.9 Å². The highest BCUT2D eigenvalue weighted by Crippen LogP contribution is 2.24. The lowest BCUT2D eigenvalue weighted by Crippen LogP contribution is -2.48. The van der Waals surface area contributed by atoms with Crippen LogP contribution in [0.2, 0.25) is 5.02 Å². The van der Waals surface area contributed by atoms with Crippen molar-refractivity contribution >= 4 is 23.3 Å². The fourth-order valence-electron chi connectivity index (χ4n) is 3.62. The Morgan fingerprint density at radius 3 is 2.87 bits per heavy atom. The zero-order chi connectivity index (χ0) is 22.2. The van der Waals surface area contributed by atoms with E-state index in [0.717, 1.165) is 18.6 Å². The molecule has 0 bridgehead atoms. The fourth-order valence-corrected chi connectivity index (χ4v) is 3.78. The third-order valence-corrected chi connectivity index (χ3v) is 5.55. The topological polar surface area (TPSA) is 71.4 Å². The molecule has 1 aromatic carbocycles. The quantitative estimate of drug-likeness (QED) is 0.487. The van der Waals surface area contributed by atoms with Crippen LogP contribution in [0.5, 0.6) is 0 Å². The van der Waals surface area contributed by atoms with Gasteiger partial charge >= 0.3 is 5.97 Å². The minimum absolute atomic E-state index is 0.000855. The molecule has 1 saturated heterocycles. The number of allylic oxidation sites excluding steroid dienone is 1. The summed E-state index contributed by atoms with van der Waals surface area (Å²) in [5.41, 5.74) is 4.15. The van der Waals surface area contributed by atoms with E-state index in [4.69, 9.17) is 21.1 Å². The number of halogens is 2. The number of carboxylic acids is 1. The molecule has 0 saturated carbocycles. The molecule has 2 aliphatic heterocycles. The Morgan fingerprint density at radius 2 is 2.19 bits per heavy atom. The van der Waals surface area contributed by atoms with Crippen molar-refractivity contribution in [1.82, 2.24) is 4.90 Å². The number of benzene rings is 1. The molecule has 1 unspecified atom stereocenters. The molecular weight excluding hydrogens is 423 g/mol. The van der Waals surface area contributed by atoms with E-state index >= 15 is 0 Å². The molecule has 0 radical (unpaired) electrons. The maximum Gasteiger partial charge on any atom is 0.323 e. The van der Waals surface area contributed by atoms with E-state index in [2.05, 4.69) is 22.6 Å². The Labute approximate surface area is 186 Å². The minimum Gasteiger partial charge on any atom is -0.480 e. The van der Waals surface area contributed by atoms with Crippen LogP contribution in [0.25, 0.3) is 0 Å². The zero-order valence-electron chi connectivity index (χ0n) is 17.2. The van der Waals surface area contributed by atoms with E-state index < -0.39 is 17.8 Å². The number of aliphatic carboxylic acids is 1. The first-order valence-corrected chi connectivity index (χ1v) is 10.4. The maximum atomic E-state index is 14.0. The summed E-state index contributed by atoms with van der Waals surface area (Å²) in [5.74, 6) is 5.04. The molecule has 2 aliphatic rings. The van der Waals surface area contributed by atoms with Gasteiger partial charge in [-0.05, 0) is 43.8 Å². The Bertz CT molecular complexity index is 968. The normalized spacial score (nSPS) is 18.2. The Balaban J connectivity index is 1.66. The second-order valence-corrected chi connectivity index (χ2v) is 7.78. The van der Waals surface area contributed by atoms with Crippen LogP contribution >= 0.6 is 11.6 Å². The number of carbonyl (C=O) groups is 1. The standard InChI is InChI=1S/C23H24ClFN2O4/c1-30-15-21(23(28)29)27-11-9-16(10-12-27)20-5-3-2-4-6-22(26-20)31-14-17-7-8-18(24)13-19(17)25/h4,7-8,13,16,21H,5,9-12,14-15H2,1H3,(H,28,29). The van der Waals surface area contributed by atoms with Gasteiger partial charge in [-0.1, -0.05) is 29.5 Å². The SMILES string of the molecule is COCC(C(=O)O)N1CCC(C2=NC(OCc3ccc(Cl)cc3F)=C=CC#CC2)CC1. The molecule has 1 aromatic rings. The number of hydrogen-bond donors (Lipinski definition) is 1. The average molecular weight is 447 g/mol. The van der Waals surface area contributed by atoms with Crippen LogP contribution < -0.4 is 0 Å². The van der Waals surface area contributed by atoms with Crippen LogP contribution in [0.1, 0.15) is 24.8 Å². The van der Waals surface area contributed by atoms with Gasteiger partial charge in [0.1, 0.15) is 18.5 Å². The van der Waals surface area contributed by atoms with E-state index in [1.807, 2.05) is 4.90 Å². The molecule has 3 rings (SSSR count). The monoisotopic (exact) mass is 446 g/mol. The highest BCUT2D eigenvalue weighted by atomic mass is 35.5. The summed E-state index contributed by atoms with van der Waals surface area (Å²) in [6.45, 7) is 1.41. The van der Waals surface area contributed by atoms with Gasteiger partial charge in [-0.25, -0.2) is 9.38 Å². The lowest BCUT2D eigenvalue weighted by molar-refractivity contribution is -0.146. The second-order valence-electron chi connectivity index (χ2n) is 7.34.